The molecule has 0 bridgehead atoms. The van der Waals surface area contributed by atoms with E-state index in [0.717, 1.165) is 16.7 Å². The van der Waals surface area contributed by atoms with Gasteiger partial charge in [0.15, 0.2) is 6.61 Å². The van der Waals surface area contributed by atoms with Crippen LogP contribution in [0.5, 0.6) is 5.75 Å². The van der Waals surface area contributed by atoms with Gasteiger partial charge in [0, 0.05) is 17.7 Å². The summed E-state index contributed by atoms with van der Waals surface area (Å²) in [6.07, 6.45) is 8.05. The van der Waals surface area contributed by atoms with E-state index in [1.165, 1.54) is 11.1 Å². The summed E-state index contributed by atoms with van der Waals surface area (Å²) >= 11 is 0. The molecule has 0 radical (unpaired) electrons. The van der Waals surface area contributed by atoms with Gasteiger partial charge in [-0.1, -0.05) is 78.9 Å². The Morgan fingerprint density at radius 2 is 1.67 bits per heavy atom. The van der Waals surface area contributed by atoms with E-state index in [1.54, 1.807) is 0 Å². The second kappa shape index (κ2) is 10.5. The van der Waals surface area contributed by atoms with Gasteiger partial charge in [0.05, 0.1) is 12.7 Å². The average molecular weight is 439 g/mol. The smallest absolute Gasteiger partial charge is 0.341 e. The van der Waals surface area contributed by atoms with Crippen LogP contribution in [0.4, 0.5) is 0 Å². The Kier molecular flexibility index (Phi) is 7.00. The summed E-state index contributed by atoms with van der Waals surface area (Å²) < 4.78 is 7.24. The van der Waals surface area contributed by atoms with Crippen molar-refractivity contribution >= 4 is 12.0 Å². The van der Waals surface area contributed by atoms with Crippen LogP contribution in [0.15, 0.2) is 97.3 Å². The van der Waals surface area contributed by atoms with Crippen molar-refractivity contribution in [2.24, 2.45) is 0 Å². The number of carbonyl (C=O) groups is 1. The summed E-state index contributed by atoms with van der Waals surface area (Å²) in [7, 11) is 0. The van der Waals surface area contributed by atoms with Gasteiger partial charge < -0.3 is 9.84 Å². The minimum absolute atomic E-state index is 0.121. The summed E-state index contributed by atoms with van der Waals surface area (Å²) in [5.74, 6) is -0.324. The molecule has 0 saturated heterocycles. The molecule has 0 aliphatic carbocycles. The third kappa shape index (κ3) is 5.98. The van der Waals surface area contributed by atoms with Gasteiger partial charge in [0.2, 0.25) is 0 Å². The number of allylic oxidation sites excluding steroid dienone is 1. The predicted molar refractivity (Wildman–Crippen MR) is 129 cm³/mol. The monoisotopic (exact) mass is 438 g/mol. The zero-order chi connectivity index (χ0) is 23.0. The fourth-order valence-electron chi connectivity index (χ4n) is 3.89. The van der Waals surface area contributed by atoms with E-state index in [1.807, 2.05) is 60.3 Å². The van der Waals surface area contributed by atoms with Crippen molar-refractivity contribution in [3.63, 3.8) is 0 Å². The zero-order valence-electron chi connectivity index (χ0n) is 18.5. The molecule has 3 aromatic carbocycles. The number of nitrogens with zero attached hydrogens (tertiary/aromatic N) is 2. The fourth-order valence-corrected chi connectivity index (χ4v) is 3.89. The maximum atomic E-state index is 10.8. The summed E-state index contributed by atoms with van der Waals surface area (Å²) in [5.41, 5.74) is 5.56. The Morgan fingerprint density at radius 1 is 1.00 bits per heavy atom. The van der Waals surface area contributed by atoms with Crippen molar-refractivity contribution in [2.75, 3.05) is 6.61 Å². The summed E-state index contributed by atoms with van der Waals surface area (Å²) in [4.78, 5) is 10.8. The maximum Gasteiger partial charge on any atom is 0.341 e. The Balaban J connectivity index is 1.50. The first kappa shape index (κ1) is 22.1. The highest BCUT2D eigenvalue weighted by Crippen LogP contribution is 2.31. The zero-order valence-corrected chi connectivity index (χ0v) is 18.5. The van der Waals surface area contributed by atoms with Crippen molar-refractivity contribution in [1.82, 2.24) is 9.78 Å². The Labute approximate surface area is 193 Å². The van der Waals surface area contributed by atoms with E-state index in [4.69, 9.17) is 9.84 Å². The normalized spacial score (nSPS) is 11.2. The molecule has 0 spiro atoms. The quantitative estimate of drug-likeness (QED) is 0.372. The van der Waals surface area contributed by atoms with Crippen molar-refractivity contribution in [1.29, 1.82) is 0 Å². The molecule has 4 rings (SSSR count). The van der Waals surface area contributed by atoms with Gasteiger partial charge in [0.25, 0.3) is 0 Å². The van der Waals surface area contributed by atoms with Gasteiger partial charge in [-0.25, -0.2) is 4.79 Å². The summed E-state index contributed by atoms with van der Waals surface area (Å²) in [6.45, 7) is 2.22. The maximum absolute atomic E-state index is 10.8. The molecule has 0 atom stereocenters. The van der Waals surface area contributed by atoms with Crippen LogP contribution < -0.4 is 4.74 Å². The number of hydrogen-bond acceptors (Lipinski definition) is 3. The highest BCUT2D eigenvalue weighted by atomic mass is 16.5. The first-order valence-corrected chi connectivity index (χ1v) is 10.8. The number of carboxylic acid groups (broad SMARTS) is 1. The van der Waals surface area contributed by atoms with Crippen LogP contribution in [0.25, 0.3) is 6.08 Å². The van der Waals surface area contributed by atoms with Gasteiger partial charge in [-0.15, -0.1) is 0 Å². The number of aromatic nitrogens is 2. The largest absolute Gasteiger partial charge is 0.482 e. The minimum Gasteiger partial charge on any atom is -0.482 e. The molecule has 0 unspecified atom stereocenters. The number of hydrogen-bond donors (Lipinski definition) is 1. The van der Waals surface area contributed by atoms with Crippen molar-refractivity contribution in [3.8, 4) is 5.75 Å². The van der Waals surface area contributed by atoms with Crippen LogP contribution in [0.3, 0.4) is 0 Å². The first-order chi connectivity index (χ1) is 16.1. The van der Waals surface area contributed by atoms with Crippen molar-refractivity contribution in [2.45, 2.75) is 19.4 Å². The van der Waals surface area contributed by atoms with E-state index in [-0.39, 0.29) is 12.5 Å². The molecule has 166 valence electrons. The number of aryl methyl sites for hydroxylation is 1. The fraction of sp³-hybridized carbons (Fsp3) is 0.143. The second-order valence-corrected chi connectivity index (χ2v) is 7.91. The number of aliphatic carboxylic acids is 1. The van der Waals surface area contributed by atoms with E-state index in [9.17, 15) is 4.79 Å². The third-order valence-corrected chi connectivity index (χ3v) is 5.29. The molecule has 33 heavy (non-hydrogen) atoms. The average Bonchev–Trinajstić information content (AvgIpc) is 3.27. The van der Waals surface area contributed by atoms with Crippen LogP contribution in [0, 0.1) is 6.92 Å². The topological polar surface area (TPSA) is 64.4 Å². The number of benzene rings is 3. The molecule has 1 aromatic heterocycles. The van der Waals surface area contributed by atoms with Gasteiger partial charge >= 0.3 is 5.97 Å². The Hall–Kier alpha value is -4.12. The lowest BCUT2D eigenvalue weighted by atomic mass is 9.87. The van der Waals surface area contributed by atoms with Crippen LogP contribution in [0.2, 0.25) is 0 Å². The van der Waals surface area contributed by atoms with Crippen LogP contribution in [-0.4, -0.2) is 27.5 Å². The lowest BCUT2D eigenvalue weighted by Crippen LogP contribution is -2.09. The molecule has 0 fully saturated rings. The van der Waals surface area contributed by atoms with Crippen LogP contribution in [-0.2, 0) is 11.3 Å². The van der Waals surface area contributed by atoms with Gasteiger partial charge in [-0.2, -0.15) is 5.10 Å². The van der Waals surface area contributed by atoms with E-state index in [0.29, 0.717) is 12.3 Å². The lowest BCUT2D eigenvalue weighted by Gasteiger charge is -2.16. The molecule has 1 heterocycles. The SMILES string of the molecule is Cc1cc(C=CCn2cc(C(c3ccccc3)c3ccccc3)cn2)cc(OCC(=O)O)c1. The van der Waals surface area contributed by atoms with Crippen molar-refractivity contribution < 1.29 is 14.6 Å². The highest BCUT2D eigenvalue weighted by molar-refractivity contribution is 5.68. The molecule has 1 N–H and O–H groups in total. The van der Waals surface area contributed by atoms with Crippen LogP contribution in [0.1, 0.15) is 33.7 Å². The second-order valence-electron chi connectivity index (χ2n) is 7.91. The molecule has 0 saturated carbocycles. The van der Waals surface area contributed by atoms with Gasteiger partial charge in [-0.05, 0) is 41.3 Å². The van der Waals surface area contributed by atoms with E-state index >= 15 is 0 Å². The molecular formula is C28H26N2O3. The van der Waals surface area contributed by atoms with Crippen molar-refractivity contribution in [3.05, 3.63) is 125 Å². The van der Waals surface area contributed by atoms with Crippen LogP contribution >= 0.6 is 0 Å². The summed E-state index contributed by atoms with van der Waals surface area (Å²) in [6, 6.07) is 26.6. The molecule has 0 amide bonds. The molecule has 0 aliphatic rings. The van der Waals surface area contributed by atoms with E-state index < -0.39 is 5.97 Å². The molecule has 5 nitrogen and oxygen atoms in total. The molecule has 4 aromatic rings. The van der Waals surface area contributed by atoms with Gasteiger partial charge in [-0.3, -0.25) is 4.68 Å². The molecule has 0 aliphatic heterocycles. The number of carboxylic acids is 1. The lowest BCUT2D eigenvalue weighted by molar-refractivity contribution is -0.139. The summed E-state index contributed by atoms with van der Waals surface area (Å²) in [5, 5.41) is 13.4. The molecule has 5 heteroatoms. The molecular weight excluding hydrogens is 412 g/mol. The number of rotatable bonds is 9. The van der Waals surface area contributed by atoms with Gasteiger partial charge in [0.1, 0.15) is 5.75 Å². The minimum atomic E-state index is -0.993. The third-order valence-electron chi connectivity index (χ3n) is 5.29. The Bertz CT molecular complexity index is 1190. The predicted octanol–water partition coefficient (Wildman–Crippen LogP) is 5.55. The number of ether oxygens (including phenoxy) is 1. The Morgan fingerprint density at radius 3 is 2.30 bits per heavy atom. The standard InChI is InChI=1S/C28H26N2O3/c1-21-15-22(17-26(16-21)33-20-27(31)32)9-8-14-30-19-25(18-29-30)28(23-10-4-2-5-11-23)24-12-6-3-7-13-24/h2-13,15-19,28H,14,20H2,1H3,(H,31,32). The highest BCUT2D eigenvalue weighted by Gasteiger charge is 2.18. The van der Waals surface area contributed by atoms with E-state index in [2.05, 4.69) is 59.8 Å². The first-order valence-electron chi connectivity index (χ1n) is 10.8.